The standard InChI is InChI=1S/C13H10O3S/c14-13(15)11-8-4-5-9-12(11)16-17-10-6-2-1-3-7-10/h1-9H,(H,14,15). The van der Waals surface area contributed by atoms with Gasteiger partial charge in [-0.3, -0.25) is 0 Å². The first-order valence-electron chi connectivity index (χ1n) is 4.99. The maximum absolute atomic E-state index is 10.9. The number of hydrogen-bond acceptors (Lipinski definition) is 3. The van der Waals surface area contributed by atoms with Gasteiger partial charge in [-0.2, -0.15) is 0 Å². The van der Waals surface area contributed by atoms with Crippen LogP contribution in [0, 0.1) is 0 Å². The van der Waals surface area contributed by atoms with Gasteiger partial charge in [-0.05, 0) is 24.3 Å². The van der Waals surface area contributed by atoms with E-state index in [9.17, 15) is 4.79 Å². The van der Waals surface area contributed by atoms with Crippen LogP contribution in [-0.2, 0) is 0 Å². The predicted octanol–water partition coefficient (Wildman–Crippen LogP) is 3.47. The van der Waals surface area contributed by atoms with Crippen molar-refractivity contribution in [2.24, 2.45) is 0 Å². The van der Waals surface area contributed by atoms with Crippen LogP contribution in [0.4, 0.5) is 0 Å². The van der Waals surface area contributed by atoms with Crippen molar-refractivity contribution < 1.29 is 14.1 Å². The third-order valence-corrected chi connectivity index (χ3v) is 2.82. The normalized spacial score (nSPS) is 9.88. The lowest BCUT2D eigenvalue weighted by Crippen LogP contribution is -1.98. The predicted molar refractivity (Wildman–Crippen MR) is 66.3 cm³/mol. The summed E-state index contributed by atoms with van der Waals surface area (Å²) in [6.45, 7) is 0. The minimum absolute atomic E-state index is 0.163. The van der Waals surface area contributed by atoms with Crippen molar-refractivity contribution in [1.29, 1.82) is 0 Å². The fourth-order valence-electron chi connectivity index (χ4n) is 1.29. The number of aromatic carboxylic acids is 1. The van der Waals surface area contributed by atoms with Crippen molar-refractivity contribution in [2.45, 2.75) is 4.90 Å². The number of benzene rings is 2. The van der Waals surface area contributed by atoms with E-state index in [1.807, 2.05) is 30.3 Å². The molecule has 0 aliphatic heterocycles. The molecule has 1 N–H and O–H groups in total. The molecule has 2 aromatic rings. The molecule has 0 saturated heterocycles. The van der Waals surface area contributed by atoms with Crippen molar-refractivity contribution in [3.05, 3.63) is 60.2 Å². The molecule has 0 spiro atoms. The number of carboxylic acid groups (broad SMARTS) is 1. The Kier molecular flexibility index (Phi) is 3.67. The van der Waals surface area contributed by atoms with Crippen molar-refractivity contribution in [3.8, 4) is 5.75 Å². The molecule has 0 atom stereocenters. The third kappa shape index (κ3) is 3.01. The summed E-state index contributed by atoms with van der Waals surface area (Å²) in [5.41, 5.74) is 0.163. The van der Waals surface area contributed by atoms with Gasteiger partial charge in [0.1, 0.15) is 5.56 Å². The van der Waals surface area contributed by atoms with Crippen LogP contribution in [-0.4, -0.2) is 11.1 Å². The first kappa shape index (κ1) is 11.5. The highest BCUT2D eigenvalue weighted by Crippen LogP contribution is 2.26. The zero-order valence-corrected chi connectivity index (χ0v) is 9.68. The molecule has 2 aromatic carbocycles. The molecule has 4 heteroatoms. The van der Waals surface area contributed by atoms with Crippen LogP contribution in [0.2, 0.25) is 0 Å². The largest absolute Gasteiger partial charge is 0.478 e. The molecule has 2 rings (SSSR count). The van der Waals surface area contributed by atoms with Gasteiger partial charge in [0.05, 0.1) is 12.0 Å². The number of hydrogen-bond donors (Lipinski definition) is 1. The molecule has 0 aliphatic rings. The molecular formula is C13H10O3S. The van der Waals surface area contributed by atoms with Crippen LogP contribution in [0.25, 0.3) is 0 Å². The summed E-state index contributed by atoms with van der Waals surface area (Å²) >= 11 is 1.14. The highest BCUT2D eigenvalue weighted by atomic mass is 32.2. The second-order valence-electron chi connectivity index (χ2n) is 3.28. The molecular weight excluding hydrogens is 236 g/mol. The lowest BCUT2D eigenvalue weighted by molar-refractivity contribution is 0.0695. The molecule has 0 bridgehead atoms. The van der Waals surface area contributed by atoms with E-state index in [1.54, 1.807) is 18.2 Å². The Morgan fingerprint density at radius 2 is 1.65 bits per heavy atom. The maximum atomic E-state index is 10.9. The summed E-state index contributed by atoms with van der Waals surface area (Å²) in [6, 6.07) is 16.1. The van der Waals surface area contributed by atoms with Gasteiger partial charge in [-0.15, -0.1) is 0 Å². The molecule has 17 heavy (non-hydrogen) atoms. The van der Waals surface area contributed by atoms with Gasteiger partial charge in [0, 0.05) is 4.90 Å². The minimum Gasteiger partial charge on any atom is -0.478 e. The highest BCUT2D eigenvalue weighted by molar-refractivity contribution is 7.95. The van der Waals surface area contributed by atoms with E-state index in [1.165, 1.54) is 6.07 Å². The Bertz CT molecular complexity index is 511. The molecule has 0 fully saturated rings. The second kappa shape index (κ2) is 5.41. The van der Waals surface area contributed by atoms with Gasteiger partial charge >= 0.3 is 5.97 Å². The number of carboxylic acids is 1. The summed E-state index contributed by atoms with van der Waals surface area (Å²) < 4.78 is 5.42. The molecule has 0 radical (unpaired) electrons. The Labute approximate surface area is 103 Å². The SMILES string of the molecule is O=C(O)c1ccccc1OSc1ccccc1. The van der Waals surface area contributed by atoms with Crippen LogP contribution < -0.4 is 4.18 Å². The van der Waals surface area contributed by atoms with Crippen LogP contribution in [0.1, 0.15) is 10.4 Å². The topological polar surface area (TPSA) is 46.5 Å². The Morgan fingerprint density at radius 1 is 1.00 bits per heavy atom. The van der Waals surface area contributed by atoms with Crippen LogP contribution in [0.15, 0.2) is 59.5 Å². The molecule has 0 aromatic heterocycles. The number of carbonyl (C=O) groups is 1. The van der Waals surface area contributed by atoms with E-state index in [4.69, 9.17) is 9.29 Å². The third-order valence-electron chi connectivity index (χ3n) is 2.09. The van der Waals surface area contributed by atoms with Crippen LogP contribution in [0.5, 0.6) is 5.75 Å². The summed E-state index contributed by atoms with van der Waals surface area (Å²) in [5, 5.41) is 8.97. The van der Waals surface area contributed by atoms with E-state index in [0.29, 0.717) is 5.75 Å². The molecule has 3 nitrogen and oxygen atoms in total. The molecule has 0 unspecified atom stereocenters. The van der Waals surface area contributed by atoms with Crippen molar-refractivity contribution in [1.82, 2.24) is 0 Å². The van der Waals surface area contributed by atoms with Gasteiger partial charge in [0.25, 0.3) is 0 Å². The Morgan fingerprint density at radius 3 is 2.35 bits per heavy atom. The highest BCUT2D eigenvalue weighted by Gasteiger charge is 2.10. The average molecular weight is 246 g/mol. The first-order chi connectivity index (χ1) is 8.27. The van der Waals surface area contributed by atoms with Crippen molar-refractivity contribution in [3.63, 3.8) is 0 Å². The van der Waals surface area contributed by atoms with Crippen LogP contribution in [0.3, 0.4) is 0 Å². The smallest absolute Gasteiger partial charge is 0.339 e. The fraction of sp³-hybridized carbons (Fsp3) is 0. The minimum atomic E-state index is -0.991. The lowest BCUT2D eigenvalue weighted by atomic mass is 10.2. The molecule has 86 valence electrons. The molecule has 0 saturated carbocycles. The van der Waals surface area contributed by atoms with E-state index >= 15 is 0 Å². The summed E-state index contributed by atoms with van der Waals surface area (Å²) in [4.78, 5) is 11.9. The first-order valence-corrected chi connectivity index (χ1v) is 5.73. The zero-order valence-electron chi connectivity index (χ0n) is 8.87. The molecule has 0 aliphatic carbocycles. The summed E-state index contributed by atoms with van der Waals surface area (Å²) in [6.07, 6.45) is 0. The number of rotatable bonds is 4. The fourth-order valence-corrected chi connectivity index (χ4v) is 1.88. The van der Waals surface area contributed by atoms with Gasteiger partial charge in [0.15, 0.2) is 5.75 Å². The Balaban J connectivity index is 2.12. The Hall–Kier alpha value is -1.94. The summed E-state index contributed by atoms with van der Waals surface area (Å²) in [5.74, 6) is -0.636. The van der Waals surface area contributed by atoms with E-state index in [0.717, 1.165) is 16.9 Å². The van der Waals surface area contributed by atoms with Gasteiger partial charge in [-0.25, -0.2) is 4.79 Å². The quantitative estimate of drug-likeness (QED) is 0.839. The maximum Gasteiger partial charge on any atom is 0.339 e. The molecule has 0 heterocycles. The van der Waals surface area contributed by atoms with E-state index in [2.05, 4.69) is 0 Å². The number of para-hydroxylation sites is 1. The summed E-state index contributed by atoms with van der Waals surface area (Å²) in [7, 11) is 0. The van der Waals surface area contributed by atoms with E-state index < -0.39 is 5.97 Å². The lowest BCUT2D eigenvalue weighted by Gasteiger charge is -2.06. The van der Waals surface area contributed by atoms with Gasteiger partial charge in [0.2, 0.25) is 0 Å². The van der Waals surface area contributed by atoms with Gasteiger partial charge in [-0.1, -0.05) is 30.3 Å². The monoisotopic (exact) mass is 246 g/mol. The van der Waals surface area contributed by atoms with E-state index in [-0.39, 0.29) is 5.56 Å². The zero-order chi connectivity index (χ0) is 12.1. The average Bonchev–Trinajstić information content (AvgIpc) is 2.38. The molecule has 0 amide bonds. The van der Waals surface area contributed by atoms with Crippen LogP contribution >= 0.6 is 12.0 Å². The van der Waals surface area contributed by atoms with Crippen molar-refractivity contribution in [2.75, 3.05) is 0 Å². The van der Waals surface area contributed by atoms with Gasteiger partial charge < -0.3 is 9.29 Å². The second-order valence-corrected chi connectivity index (χ2v) is 4.09. The van der Waals surface area contributed by atoms with Crippen molar-refractivity contribution >= 4 is 18.0 Å².